The van der Waals surface area contributed by atoms with E-state index in [0.717, 1.165) is 0 Å². The average Bonchev–Trinajstić information content (AvgIpc) is 2.79. The van der Waals surface area contributed by atoms with Crippen molar-refractivity contribution in [2.24, 2.45) is 0 Å². The Balaban J connectivity index is 1.66. The van der Waals surface area contributed by atoms with Crippen molar-refractivity contribution in [2.75, 3.05) is 32.8 Å². The van der Waals surface area contributed by atoms with Crippen LogP contribution in [0.4, 0.5) is 0 Å². The minimum absolute atomic E-state index is 0.0783. The molecule has 0 atom stereocenters. The van der Waals surface area contributed by atoms with E-state index in [9.17, 15) is 21.6 Å². The largest absolute Gasteiger partial charge is 0.379 e. The predicted molar refractivity (Wildman–Crippen MR) is 120 cm³/mol. The summed E-state index contributed by atoms with van der Waals surface area (Å²) in [6.45, 7) is 3.53. The summed E-state index contributed by atoms with van der Waals surface area (Å²) in [5.41, 5.74) is 1.62. The van der Waals surface area contributed by atoms with Crippen LogP contribution in [0.25, 0.3) is 0 Å². The first-order valence-corrected chi connectivity index (χ1v) is 13.3. The van der Waals surface area contributed by atoms with Gasteiger partial charge in [0.25, 0.3) is 5.91 Å². The van der Waals surface area contributed by atoms with E-state index < -0.39 is 20.0 Å². The molecule has 1 fully saturated rings. The summed E-state index contributed by atoms with van der Waals surface area (Å²) in [5, 5.41) is 2.77. The molecule has 1 heterocycles. The van der Waals surface area contributed by atoms with Crippen LogP contribution >= 0.6 is 0 Å². The van der Waals surface area contributed by atoms with Crippen LogP contribution in [0.5, 0.6) is 0 Å². The highest BCUT2D eigenvalue weighted by Crippen LogP contribution is 2.17. The maximum absolute atomic E-state index is 12.8. The standard InChI is InChI=1S/C21H27N3O6S2/c1-2-23-32(28,29)20-9-7-17(8-10-20)21(25)22-15-18-5-3-4-6-19(18)16-31(26,27)24-11-13-30-14-12-24/h3-10,23H,2,11-16H2,1H3,(H,22,25). The number of sulfonamides is 2. The van der Waals surface area contributed by atoms with Gasteiger partial charge in [0.1, 0.15) is 0 Å². The molecule has 1 saturated heterocycles. The lowest BCUT2D eigenvalue weighted by Gasteiger charge is -2.26. The van der Waals surface area contributed by atoms with Gasteiger partial charge < -0.3 is 10.1 Å². The van der Waals surface area contributed by atoms with Crippen molar-refractivity contribution < 1.29 is 26.4 Å². The van der Waals surface area contributed by atoms with Crippen molar-refractivity contribution in [2.45, 2.75) is 24.1 Å². The highest BCUT2D eigenvalue weighted by molar-refractivity contribution is 7.89. The lowest BCUT2D eigenvalue weighted by Crippen LogP contribution is -2.41. The van der Waals surface area contributed by atoms with Crippen LogP contribution in [-0.4, -0.2) is 59.9 Å². The average molecular weight is 482 g/mol. The van der Waals surface area contributed by atoms with Crippen molar-refractivity contribution in [3.05, 3.63) is 65.2 Å². The fourth-order valence-electron chi connectivity index (χ4n) is 3.32. The van der Waals surface area contributed by atoms with Gasteiger partial charge in [-0.2, -0.15) is 4.31 Å². The molecular formula is C21H27N3O6S2. The number of amides is 1. The van der Waals surface area contributed by atoms with E-state index in [2.05, 4.69) is 10.0 Å². The van der Waals surface area contributed by atoms with Crippen LogP contribution in [0, 0.1) is 0 Å². The van der Waals surface area contributed by atoms with Gasteiger partial charge in [0.2, 0.25) is 20.0 Å². The van der Waals surface area contributed by atoms with E-state index in [1.807, 2.05) is 0 Å². The number of ether oxygens (including phenoxy) is 1. The molecule has 3 rings (SSSR count). The molecule has 1 aliphatic heterocycles. The van der Waals surface area contributed by atoms with E-state index in [1.54, 1.807) is 31.2 Å². The van der Waals surface area contributed by atoms with Crippen LogP contribution in [0.15, 0.2) is 53.4 Å². The lowest BCUT2D eigenvalue weighted by molar-refractivity contribution is 0.0729. The molecule has 0 radical (unpaired) electrons. The second-order valence-corrected chi connectivity index (χ2v) is 11.0. The molecule has 11 heteroatoms. The Labute approximate surface area is 188 Å². The molecule has 0 unspecified atom stereocenters. The Morgan fingerprint density at radius 3 is 2.22 bits per heavy atom. The van der Waals surface area contributed by atoms with Crippen molar-refractivity contribution in [1.29, 1.82) is 0 Å². The molecule has 2 aromatic rings. The number of rotatable bonds is 9. The van der Waals surface area contributed by atoms with Gasteiger partial charge in [-0.1, -0.05) is 31.2 Å². The number of carbonyl (C=O) groups is 1. The van der Waals surface area contributed by atoms with Gasteiger partial charge >= 0.3 is 0 Å². The molecule has 2 N–H and O–H groups in total. The van der Waals surface area contributed by atoms with Crippen molar-refractivity contribution >= 4 is 26.0 Å². The van der Waals surface area contributed by atoms with Gasteiger partial charge in [-0.25, -0.2) is 21.6 Å². The molecular weight excluding hydrogens is 454 g/mol. The fraction of sp³-hybridized carbons (Fsp3) is 0.381. The van der Waals surface area contributed by atoms with Crippen LogP contribution in [0.1, 0.15) is 28.4 Å². The van der Waals surface area contributed by atoms with Gasteiger partial charge in [-0.3, -0.25) is 4.79 Å². The monoisotopic (exact) mass is 481 g/mol. The van der Waals surface area contributed by atoms with Crippen LogP contribution in [0.2, 0.25) is 0 Å². The highest BCUT2D eigenvalue weighted by atomic mass is 32.2. The van der Waals surface area contributed by atoms with Crippen molar-refractivity contribution in [3.8, 4) is 0 Å². The molecule has 1 amide bonds. The van der Waals surface area contributed by atoms with Crippen molar-refractivity contribution in [3.63, 3.8) is 0 Å². The summed E-state index contributed by atoms with van der Waals surface area (Å²) in [5.74, 6) is -0.543. The third-order valence-electron chi connectivity index (χ3n) is 5.02. The third-order valence-corrected chi connectivity index (χ3v) is 8.41. The zero-order valence-electron chi connectivity index (χ0n) is 17.8. The Hall–Kier alpha value is -2.31. The van der Waals surface area contributed by atoms with Crippen LogP contribution in [0.3, 0.4) is 0 Å². The Bertz CT molecular complexity index is 1140. The first-order valence-electron chi connectivity index (χ1n) is 10.2. The summed E-state index contributed by atoms with van der Waals surface area (Å²) in [6, 6.07) is 12.7. The minimum atomic E-state index is -3.59. The highest BCUT2D eigenvalue weighted by Gasteiger charge is 2.25. The summed E-state index contributed by atoms with van der Waals surface area (Å²) >= 11 is 0. The van der Waals surface area contributed by atoms with Gasteiger partial charge in [-0.15, -0.1) is 0 Å². The smallest absolute Gasteiger partial charge is 0.251 e. The van der Waals surface area contributed by atoms with Crippen molar-refractivity contribution in [1.82, 2.24) is 14.3 Å². The number of hydrogen-bond donors (Lipinski definition) is 2. The molecule has 0 aromatic heterocycles. The van der Waals surface area contributed by atoms with E-state index in [-0.39, 0.29) is 29.6 Å². The third kappa shape index (κ3) is 6.14. The first-order chi connectivity index (χ1) is 15.2. The molecule has 9 nitrogen and oxygen atoms in total. The van der Waals surface area contributed by atoms with Gasteiger partial charge in [0.05, 0.1) is 23.9 Å². The Morgan fingerprint density at radius 2 is 1.59 bits per heavy atom. The fourth-order valence-corrected chi connectivity index (χ4v) is 5.92. The SMILES string of the molecule is CCNS(=O)(=O)c1ccc(C(=O)NCc2ccccc2CS(=O)(=O)N2CCOCC2)cc1. The van der Waals surface area contributed by atoms with E-state index in [4.69, 9.17) is 4.74 Å². The van der Waals surface area contributed by atoms with E-state index >= 15 is 0 Å². The quantitative estimate of drug-likeness (QED) is 0.553. The molecule has 2 aromatic carbocycles. The second kappa shape index (κ2) is 10.5. The molecule has 0 spiro atoms. The molecule has 0 bridgehead atoms. The Morgan fingerprint density at radius 1 is 0.969 bits per heavy atom. The number of morpholine rings is 1. The summed E-state index contributed by atoms with van der Waals surface area (Å²) in [6.07, 6.45) is 0. The van der Waals surface area contributed by atoms with Gasteiger partial charge in [0, 0.05) is 31.7 Å². The second-order valence-electron chi connectivity index (χ2n) is 7.24. The minimum Gasteiger partial charge on any atom is -0.379 e. The maximum Gasteiger partial charge on any atom is 0.251 e. The summed E-state index contributed by atoms with van der Waals surface area (Å²) in [7, 11) is -7.09. The van der Waals surface area contributed by atoms with Gasteiger partial charge in [0.15, 0.2) is 0 Å². The summed E-state index contributed by atoms with van der Waals surface area (Å²) in [4.78, 5) is 12.6. The predicted octanol–water partition coefficient (Wildman–Crippen LogP) is 1.08. The zero-order chi connectivity index (χ0) is 23.2. The number of nitrogens with one attached hydrogen (secondary N) is 2. The molecule has 1 aliphatic rings. The zero-order valence-corrected chi connectivity index (χ0v) is 19.4. The van der Waals surface area contributed by atoms with Crippen LogP contribution in [-0.2, 0) is 37.1 Å². The van der Waals surface area contributed by atoms with Crippen LogP contribution < -0.4 is 10.0 Å². The molecule has 0 aliphatic carbocycles. The Kier molecular flexibility index (Phi) is 8.01. The first kappa shape index (κ1) is 24.3. The topological polar surface area (TPSA) is 122 Å². The van der Waals surface area contributed by atoms with E-state index in [0.29, 0.717) is 43.0 Å². The van der Waals surface area contributed by atoms with Gasteiger partial charge in [-0.05, 0) is 35.4 Å². The molecule has 32 heavy (non-hydrogen) atoms. The lowest BCUT2D eigenvalue weighted by atomic mass is 10.1. The number of carbonyl (C=O) groups excluding carboxylic acids is 1. The number of hydrogen-bond acceptors (Lipinski definition) is 6. The maximum atomic E-state index is 12.8. The molecule has 174 valence electrons. The summed E-state index contributed by atoms with van der Waals surface area (Å²) < 4.78 is 58.6. The molecule has 0 saturated carbocycles. The number of benzene rings is 2. The van der Waals surface area contributed by atoms with E-state index in [1.165, 1.54) is 28.6 Å². The normalized spacial score (nSPS) is 15.4. The number of nitrogens with zero attached hydrogens (tertiary/aromatic N) is 1.